The molecule has 0 nitrogen and oxygen atoms in total. The van der Waals surface area contributed by atoms with Crippen LogP contribution >= 0.6 is 15.2 Å². The van der Waals surface area contributed by atoms with E-state index in [1.54, 1.807) is 43.9 Å². The van der Waals surface area contributed by atoms with Crippen molar-refractivity contribution < 1.29 is 0 Å². The largest absolute Gasteiger partial charge is 0.0654 e. The predicted molar refractivity (Wildman–Crippen MR) is 177 cm³/mol. The smallest absolute Gasteiger partial charge is 0.0614 e. The van der Waals surface area contributed by atoms with Gasteiger partial charge in [0, 0.05) is 21.4 Å². The Labute approximate surface area is 234 Å². The Morgan fingerprint density at radius 1 is 0.306 bits per heavy atom. The highest BCUT2D eigenvalue weighted by molar-refractivity contribution is 8.31. The van der Waals surface area contributed by atoms with Gasteiger partial charge in [0.1, 0.15) is 0 Å². The van der Waals surface area contributed by atoms with Crippen LogP contribution in [0, 0.1) is 0 Å². The van der Waals surface area contributed by atoms with Crippen molar-refractivity contribution >= 4 is 15.2 Å². The molecule has 0 aromatic rings. The van der Waals surface area contributed by atoms with Crippen molar-refractivity contribution in [2.24, 2.45) is 0 Å². The minimum atomic E-state index is -0.706. The number of hydrogen-bond donors (Lipinski definition) is 0. The van der Waals surface area contributed by atoms with Gasteiger partial charge in [0.2, 0.25) is 0 Å². The van der Waals surface area contributed by atoms with Crippen LogP contribution in [0.25, 0.3) is 0 Å². The molecule has 0 spiro atoms. The minimum absolute atomic E-state index is 0.706. The van der Waals surface area contributed by atoms with Crippen molar-refractivity contribution in [1.82, 2.24) is 0 Å². The van der Waals surface area contributed by atoms with Gasteiger partial charge in [-0.15, -0.1) is 0 Å². The summed E-state index contributed by atoms with van der Waals surface area (Å²) in [5, 5.41) is 0. The fourth-order valence-electron chi connectivity index (χ4n) is 5.73. The van der Waals surface area contributed by atoms with Gasteiger partial charge < -0.3 is 0 Å². The molecule has 36 heavy (non-hydrogen) atoms. The molecule has 0 aliphatic rings. The fraction of sp³-hybridized carbons (Fsp3) is 1.00. The second kappa shape index (κ2) is 30.4. The van der Waals surface area contributed by atoms with E-state index in [0.717, 1.165) is 0 Å². The van der Waals surface area contributed by atoms with Crippen LogP contribution in [0.15, 0.2) is 0 Å². The lowest BCUT2D eigenvalue weighted by molar-refractivity contribution is 0.586. The van der Waals surface area contributed by atoms with Crippen LogP contribution in [0.2, 0.25) is 0 Å². The van der Waals surface area contributed by atoms with E-state index in [1.165, 1.54) is 156 Å². The molecule has 0 saturated carbocycles. The average molecular weight is 544 g/mol. The van der Waals surface area contributed by atoms with E-state index in [2.05, 4.69) is 27.7 Å². The molecule has 0 aromatic heterocycles. The maximum Gasteiger partial charge on any atom is 0.0614 e. The van der Waals surface area contributed by atoms with E-state index in [4.69, 9.17) is 0 Å². The highest BCUT2D eigenvalue weighted by atomic mass is 32.1. The van der Waals surface area contributed by atoms with E-state index >= 15 is 0 Å². The zero-order chi connectivity index (χ0) is 26.4. The summed E-state index contributed by atoms with van der Waals surface area (Å²) in [4.78, 5) is 0. The van der Waals surface area contributed by atoms with E-state index in [-0.39, 0.29) is 0 Å². The lowest BCUT2D eigenvalue weighted by atomic mass is 10.1. The van der Waals surface area contributed by atoms with Gasteiger partial charge in [-0.1, -0.05) is 150 Å². The molecule has 1 atom stereocenters. The zero-order valence-electron chi connectivity index (χ0n) is 26.2. The topological polar surface area (TPSA) is 0 Å². The number of rotatable bonds is 31. The molecule has 0 radical (unpaired) electrons. The SMILES string of the molecule is CCCCCCCCCCP[P+](CCCCCCCC)(CCCCCCCC)CCCCCCCC. The zero-order valence-corrected chi connectivity index (χ0v) is 28.1. The molecule has 0 N–H and O–H groups in total. The van der Waals surface area contributed by atoms with Gasteiger partial charge in [0.15, 0.2) is 0 Å². The predicted octanol–water partition coefficient (Wildman–Crippen LogP) is 13.8. The summed E-state index contributed by atoms with van der Waals surface area (Å²) in [7, 11) is 1.35. The number of unbranched alkanes of at least 4 members (excludes halogenated alkanes) is 22. The Kier molecular flexibility index (Phi) is 31.1. The van der Waals surface area contributed by atoms with Crippen LogP contribution in [-0.4, -0.2) is 24.6 Å². The summed E-state index contributed by atoms with van der Waals surface area (Å²) in [6.45, 7) is 8.68. The van der Waals surface area contributed by atoms with Crippen molar-refractivity contribution in [3.05, 3.63) is 0 Å². The average Bonchev–Trinajstić information content (AvgIpc) is 2.89. The molecule has 2 heteroatoms. The summed E-state index contributed by atoms with van der Waals surface area (Å²) in [5.41, 5.74) is 0. The van der Waals surface area contributed by atoms with Gasteiger partial charge >= 0.3 is 0 Å². The molecule has 0 aromatic carbocycles. The molecule has 0 fully saturated rings. The monoisotopic (exact) mass is 544 g/mol. The first-order chi connectivity index (χ1) is 17.7. The molecular formula is C34H73P2+. The van der Waals surface area contributed by atoms with Crippen LogP contribution in [0.4, 0.5) is 0 Å². The lowest BCUT2D eigenvalue weighted by Gasteiger charge is -2.28. The standard InChI is InChI=1S/C34H73P2/c1-5-9-13-17-21-22-23-27-31-35-36(32-28-24-18-14-10-6-2,33-29-25-19-15-11-7-3)34-30-26-20-16-12-8-4/h35H,5-34H2,1-4H3/q+1. The van der Waals surface area contributed by atoms with E-state index in [1.807, 2.05) is 0 Å². The van der Waals surface area contributed by atoms with E-state index in [9.17, 15) is 0 Å². The highest BCUT2D eigenvalue weighted by Crippen LogP contribution is 2.75. The van der Waals surface area contributed by atoms with Crippen molar-refractivity contribution in [2.45, 2.75) is 195 Å². The third kappa shape index (κ3) is 25.2. The molecule has 0 rings (SSSR count). The summed E-state index contributed by atoms with van der Waals surface area (Å²) in [6, 6.07) is 0. The molecule has 218 valence electrons. The quantitative estimate of drug-likeness (QED) is 0.0602. The van der Waals surface area contributed by atoms with Crippen LogP contribution in [-0.2, 0) is 0 Å². The third-order valence-corrected chi connectivity index (χ3v) is 17.8. The molecule has 0 aliphatic heterocycles. The highest BCUT2D eigenvalue weighted by Gasteiger charge is 2.35. The summed E-state index contributed by atoms with van der Waals surface area (Å²) in [6.07, 6.45) is 45.2. The van der Waals surface area contributed by atoms with E-state index in [0.29, 0.717) is 0 Å². The van der Waals surface area contributed by atoms with Crippen molar-refractivity contribution in [1.29, 1.82) is 0 Å². The molecule has 0 aliphatic carbocycles. The van der Waals surface area contributed by atoms with Gasteiger partial charge in [-0.05, 0) is 44.9 Å². The number of hydrogen-bond acceptors (Lipinski definition) is 0. The third-order valence-electron chi connectivity index (χ3n) is 8.30. The Morgan fingerprint density at radius 2 is 0.556 bits per heavy atom. The Balaban J connectivity index is 4.72. The van der Waals surface area contributed by atoms with Gasteiger partial charge in [0.05, 0.1) is 18.5 Å². The second-order valence-electron chi connectivity index (χ2n) is 12.0. The molecule has 0 saturated heterocycles. The van der Waals surface area contributed by atoms with Gasteiger partial charge in [-0.3, -0.25) is 0 Å². The maximum atomic E-state index is 2.35. The van der Waals surface area contributed by atoms with Crippen LogP contribution < -0.4 is 0 Å². The molecule has 0 bridgehead atoms. The second-order valence-corrected chi connectivity index (χ2v) is 20.2. The van der Waals surface area contributed by atoms with Crippen LogP contribution in [0.3, 0.4) is 0 Å². The molecule has 1 unspecified atom stereocenters. The molecular weight excluding hydrogens is 470 g/mol. The molecule has 0 amide bonds. The van der Waals surface area contributed by atoms with E-state index < -0.39 is 6.95 Å². The summed E-state index contributed by atoms with van der Waals surface area (Å²) >= 11 is 0. The van der Waals surface area contributed by atoms with Gasteiger partial charge in [0.25, 0.3) is 0 Å². The first-order valence-corrected chi connectivity index (χ1v) is 21.7. The Bertz CT molecular complexity index is 354. The van der Waals surface area contributed by atoms with Crippen molar-refractivity contribution in [2.75, 3.05) is 24.6 Å². The first kappa shape index (κ1) is 36.9. The van der Waals surface area contributed by atoms with Crippen molar-refractivity contribution in [3.63, 3.8) is 0 Å². The first-order valence-electron chi connectivity index (χ1n) is 17.4. The van der Waals surface area contributed by atoms with Gasteiger partial charge in [-0.2, -0.15) is 0 Å². The van der Waals surface area contributed by atoms with Crippen LogP contribution in [0.1, 0.15) is 195 Å². The fourth-order valence-corrected chi connectivity index (χ4v) is 15.0. The maximum absolute atomic E-state index is 2.35. The van der Waals surface area contributed by atoms with Gasteiger partial charge in [-0.25, -0.2) is 0 Å². The van der Waals surface area contributed by atoms with Crippen LogP contribution in [0.5, 0.6) is 0 Å². The minimum Gasteiger partial charge on any atom is -0.0654 e. The Morgan fingerprint density at radius 3 is 0.861 bits per heavy atom. The summed E-state index contributed by atoms with van der Waals surface area (Å²) in [5.74, 6) is 0. The lowest BCUT2D eigenvalue weighted by Crippen LogP contribution is -2.06. The van der Waals surface area contributed by atoms with Crippen molar-refractivity contribution in [3.8, 4) is 0 Å². The Hall–Kier alpha value is 0.860. The summed E-state index contributed by atoms with van der Waals surface area (Å²) < 4.78 is 0. The molecule has 0 heterocycles. The normalized spacial score (nSPS) is 12.3.